The van der Waals surface area contributed by atoms with E-state index in [1.807, 2.05) is 32.0 Å². The first-order chi connectivity index (χ1) is 8.52. The van der Waals surface area contributed by atoms with Crippen molar-refractivity contribution in [1.29, 1.82) is 0 Å². The van der Waals surface area contributed by atoms with E-state index in [-0.39, 0.29) is 5.97 Å². The topological polar surface area (TPSA) is 39.2 Å². The van der Waals surface area contributed by atoms with Gasteiger partial charge in [-0.15, -0.1) is 11.3 Å². The molecule has 1 heterocycles. The van der Waals surface area contributed by atoms with Crippen molar-refractivity contribution in [2.45, 2.75) is 13.8 Å². The number of methoxy groups -OCH3 is 1. The standard InChI is InChI=1S/C13H12BrNO2S/c1-7-4-5-9(6-10(7)14)12-15-8(2)11(18-12)13(16)17-3/h4-6H,1-3H3. The summed E-state index contributed by atoms with van der Waals surface area (Å²) in [6.07, 6.45) is 0. The first-order valence-electron chi connectivity index (χ1n) is 5.35. The van der Waals surface area contributed by atoms with Crippen LogP contribution >= 0.6 is 27.3 Å². The number of carbonyl (C=O) groups is 1. The molecule has 18 heavy (non-hydrogen) atoms. The second-order valence-electron chi connectivity index (χ2n) is 3.89. The Morgan fingerprint density at radius 3 is 2.72 bits per heavy atom. The lowest BCUT2D eigenvalue weighted by atomic mass is 10.2. The van der Waals surface area contributed by atoms with E-state index < -0.39 is 0 Å². The maximum atomic E-state index is 11.5. The van der Waals surface area contributed by atoms with E-state index in [9.17, 15) is 4.79 Å². The molecule has 0 amide bonds. The molecule has 3 nitrogen and oxygen atoms in total. The lowest BCUT2D eigenvalue weighted by Crippen LogP contribution is -1.99. The van der Waals surface area contributed by atoms with Crippen molar-refractivity contribution in [1.82, 2.24) is 4.98 Å². The molecule has 2 rings (SSSR count). The smallest absolute Gasteiger partial charge is 0.349 e. The molecule has 0 saturated carbocycles. The molecule has 2 aromatic rings. The molecule has 0 atom stereocenters. The van der Waals surface area contributed by atoms with Gasteiger partial charge in [0.1, 0.15) is 9.88 Å². The van der Waals surface area contributed by atoms with Gasteiger partial charge in [0, 0.05) is 10.0 Å². The highest BCUT2D eigenvalue weighted by Gasteiger charge is 2.16. The summed E-state index contributed by atoms with van der Waals surface area (Å²) in [6.45, 7) is 3.84. The summed E-state index contributed by atoms with van der Waals surface area (Å²) in [7, 11) is 1.38. The highest BCUT2D eigenvalue weighted by molar-refractivity contribution is 9.10. The number of ether oxygens (including phenoxy) is 1. The Balaban J connectivity index is 2.45. The molecule has 5 heteroatoms. The molecule has 0 unspecified atom stereocenters. The average Bonchev–Trinajstić information content (AvgIpc) is 2.74. The van der Waals surface area contributed by atoms with E-state index in [0.29, 0.717) is 10.6 Å². The molecule has 0 spiro atoms. The first-order valence-corrected chi connectivity index (χ1v) is 6.96. The molecule has 0 N–H and O–H groups in total. The number of carbonyl (C=O) groups excluding carboxylic acids is 1. The van der Waals surface area contributed by atoms with Crippen LogP contribution in [0.4, 0.5) is 0 Å². The van der Waals surface area contributed by atoms with Gasteiger partial charge in [-0.1, -0.05) is 28.1 Å². The van der Waals surface area contributed by atoms with Gasteiger partial charge in [0.2, 0.25) is 0 Å². The van der Waals surface area contributed by atoms with Crippen molar-refractivity contribution in [2.24, 2.45) is 0 Å². The van der Waals surface area contributed by atoms with Gasteiger partial charge in [-0.3, -0.25) is 0 Å². The molecule has 0 saturated heterocycles. The van der Waals surface area contributed by atoms with Gasteiger partial charge < -0.3 is 4.74 Å². The van der Waals surface area contributed by atoms with Crippen molar-refractivity contribution in [3.8, 4) is 10.6 Å². The number of nitrogens with zero attached hydrogens (tertiary/aromatic N) is 1. The van der Waals surface area contributed by atoms with E-state index in [1.165, 1.54) is 24.0 Å². The van der Waals surface area contributed by atoms with Gasteiger partial charge >= 0.3 is 5.97 Å². The quantitative estimate of drug-likeness (QED) is 0.784. The summed E-state index contributed by atoms with van der Waals surface area (Å²) < 4.78 is 5.77. The summed E-state index contributed by atoms with van der Waals surface area (Å²) in [4.78, 5) is 16.5. The Morgan fingerprint density at radius 2 is 2.11 bits per heavy atom. The number of halogens is 1. The number of rotatable bonds is 2. The van der Waals surface area contributed by atoms with Crippen LogP contribution in [0.5, 0.6) is 0 Å². The molecule has 0 aliphatic heterocycles. The van der Waals surface area contributed by atoms with Crippen molar-refractivity contribution >= 4 is 33.2 Å². The van der Waals surface area contributed by atoms with Crippen LogP contribution in [-0.4, -0.2) is 18.1 Å². The van der Waals surface area contributed by atoms with Crippen molar-refractivity contribution in [3.63, 3.8) is 0 Å². The normalized spacial score (nSPS) is 10.4. The number of esters is 1. The van der Waals surface area contributed by atoms with E-state index in [1.54, 1.807) is 0 Å². The zero-order valence-corrected chi connectivity index (χ0v) is 12.7. The van der Waals surface area contributed by atoms with Gasteiger partial charge in [-0.25, -0.2) is 9.78 Å². The third kappa shape index (κ3) is 2.47. The zero-order valence-electron chi connectivity index (χ0n) is 10.3. The first kappa shape index (κ1) is 13.2. The van der Waals surface area contributed by atoms with Crippen molar-refractivity contribution < 1.29 is 9.53 Å². The van der Waals surface area contributed by atoms with Crippen LogP contribution in [0, 0.1) is 13.8 Å². The summed E-state index contributed by atoms with van der Waals surface area (Å²) in [5.41, 5.74) is 2.87. The third-order valence-corrected chi connectivity index (χ3v) is 4.63. The molecular formula is C13H12BrNO2S. The van der Waals surface area contributed by atoms with Crippen LogP contribution in [0.15, 0.2) is 22.7 Å². The summed E-state index contributed by atoms with van der Waals surface area (Å²) in [5, 5.41) is 0.827. The molecule has 1 aromatic heterocycles. The Hall–Kier alpha value is -1.20. The molecule has 0 bridgehead atoms. The summed E-state index contributed by atoms with van der Waals surface area (Å²) >= 11 is 4.85. The molecule has 0 aliphatic carbocycles. The summed E-state index contributed by atoms with van der Waals surface area (Å²) in [6, 6.07) is 6.03. The van der Waals surface area contributed by atoms with E-state index >= 15 is 0 Å². The fourth-order valence-electron chi connectivity index (χ4n) is 1.53. The van der Waals surface area contributed by atoms with E-state index in [4.69, 9.17) is 4.74 Å². The number of aromatic nitrogens is 1. The van der Waals surface area contributed by atoms with Crippen LogP contribution in [0.2, 0.25) is 0 Å². The monoisotopic (exact) mass is 325 g/mol. The minimum atomic E-state index is -0.331. The van der Waals surface area contributed by atoms with E-state index in [2.05, 4.69) is 20.9 Å². The minimum absolute atomic E-state index is 0.331. The number of hydrogen-bond donors (Lipinski definition) is 0. The van der Waals surface area contributed by atoms with Crippen LogP contribution in [0.3, 0.4) is 0 Å². The SMILES string of the molecule is COC(=O)c1sc(-c2ccc(C)c(Br)c2)nc1C. The van der Waals surface area contributed by atoms with Crippen LogP contribution in [0.1, 0.15) is 20.9 Å². The predicted octanol–water partition coefficient (Wildman–Crippen LogP) is 3.98. The average molecular weight is 326 g/mol. The fraction of sp³-hybridized carbons (Fsp3) is 0.231. The van der Waals surface area contributed by atoms with Gasteiger partial charge in [-0.2, -0.15) is 0 Å². The van der Waals surface area contributed by atoms with Crippen LogP contribution in [-0.2, 0) is 4.74 Å². The molecule has 94 valence electrons. The number of aryl methyl sites for hydroxylation is 2. The Bertz CT molecular complexity index is 607. The van der Waals surface area contributed by atoms with Gasteiger partial charge in [0.05, 0.1) is 12.8 Å². The second-order valence-corrected chi connectivity index (χ2v) is 5.74. The molecule has 1 aromatic carbocycles. The molecule has 0 aliphatic rings. The lowest BCUT2D eigenvalue weighted by molar-refractivity contribution is 0.0605. The number of hydrogen-bond acceptors (Lipinski definition) is 4. The maximum absolute atomic E-state index is 11.5. The van der Waals surface area contributed by atoms with Gasteiger partial charge in [0.15, 0.2) is 0 Å². The van der Waals surface area contributed by atoms with Crippen LogP contribution < -0.4 is 0 Å². The highest BCUT2D eigenvalue weighted by Crippen LogP contribution is 2.31. The number of thiazole rings is 1. The molecule has 0 fully saturated rings. The lowest BCUT2D eigenvalue weighted by Gasteiger charge is -2.00. The van der Waals surface area contributed by atoms with Gasteiger partial charge in [0.25, 0.3) is 0 Å². The third-order valence-electron chi connectivity index (χ3n) is 2.59. The maximum Gasteiger partial charge on any atom is 0.349 e. The molecule has 0 radical (unpaired) electrons. The Morgan fingerprint density at radius 1 is 1.39 bits per heavy atom. The Kier molecular flexibility index (Phi) is 3.82. The Labute approximate surface area is 118 Å². The van der Waals surface area contributed by atoms with Crippen molar-refractivity contribution in [3.05, 3.63) is 38.8 Å². The molecular weight excluding hydrogens is 314 g/mol. The van der Waals surface area contributed by atoms with Crippen LogP contribution in [0.25, 0.3) is 10.6 Å². The van der Waals surface area contributed by atoms with Crippen molar-refractivity contribution in [2.75, 3.05) is 7.11 Å². The predicted molar refractivity (Wildman–Crippen MR) is 76.1 cm³/mol. The zero-order chi connectivity index (χ0) is 13.3. The fourth-order valence-corrected chi connectivity index (χ4v) is 2.89. The minimum Gasteiger partial charge on any atom is -0.465 e. The largest absolute Gasteiger partial charge is 0.465 e. The van der Waals surface area contributed by atoms with Gasteiger partial charge in [-0.05, 0) is 25.5 Å². The highest BCUT2D eigenvalue weighted by atomic mass is 79.9. The number of benzene rings is 1. The van der Waals surface area contributed by atoms with E-state index in [0.717, 1.165) is 15.0 Å². The summed E-state index contributed by atoms with van der Waals surface area (Å²) in [5.74, 6) is -0.331. The second kappa shape index (κ2) is 5.20.